The van der Waals surface area contributed by atoms with Gasteiger partial charge < -0.3 is 5.32 Å². The number of likely N-dealkylation sites (tertiary alicyclic amines) is 1. The maximum atomic E-state index is 12.8. The molecule has 0 aliphatic carbocycles. The molecule has 2 aromatic heterocycles. The molecule has 0 saturated carbocycles. The van der Waals surface area contributed by atoms with Gasteiger partial charge in [0.05, 0.1) is 21.8 Å². The second-order valence-corrected chi connectivity index (χ2v) is 10.4. The fraction of sp³-hybridized carbons (Fsp3) is 0.241. The van der Waals surface area contributed by atoms with Crippen LogP contribution in [0.5, 0.6) is 0 Å². The number of pyridine rings is 1. The third-order valence-electron chi connectivity index (χ3n) is 6.98. The summed E-state index contributed by atoms with van der Waals surface area (Å²) in [6.07, 6.45) is 6.17. The molecule has 2 aliphatic heterocycles. The van der Waals surface area contributed by atoms with Crippen molar-refractivity contribution in [2.45, 2.75) is 36.9 Å². The molecule has 1 fully saturated rings. The van der Waals surface area contributed by atoms with Gasteiger partial charge in [-0.3, -0.25) is 14.1 Å². The number of benzene rings is 2. The van der Waals surface area contributed by atoms with Gasteiger partial charge in [-0.05, 0) is 66.7 Å². The van der Waals surface area contributed by atoms with Gasteiger partial charge in [-0.15, -0.1) is 24.8 Å². The molecule has 0 radical (unpaired) electrons. The highest BCUT2D eigenvalue weighted by Crippen LogP contribution is 2.34. The van der Waals surface area contributed by atoms with E-state index in [1.54, 1.807) is 0 Å². The first-order chi connectivity index (χ1) is 17.2. The van der Waals surface area contributed by atoms with Gasteiger partial charge in [-0.1, -0.05) is 72.4 Å². The molecular formula is C29H30Cl2N4OS. The monoisotopic (exact) mass is 552 g/mol. The lowest BCUT2D eigenvalue weighted by molar-refractivity contribution is -0.116. The smallest absolute Gasteiger partial charge is 0.258 e. The number of nitrogens with one attached hydrogen (secondary N) is 1. The Morgan fingerprint density at radius 3 is 2.41 bits per heavy atom. The highest BCUT2D eigenvalue weighted by molar-refractivity contribution is 8.04. The maximum Gasteiger partial charge on any atom is 0.258 e. The fourth-order valence-corrected chi connectivity index (χ4v) is 6.05. The molecule has 0 atom stereocenters. The van der Waals surface area contributed by atoms with Crippen LogP contribution in [0.15, 0.2) is 88.9 Å². The number of aromatic nitrogens is 2. The van der Waals surface area contributed by atoms with Crippen LogP contribution in [0.1, 0.15) is 41.1 Å². The standard InChI is InChI=1S/C29H28N4OS.2ClH/c34-29(26-17-25-19-30-27-7-4-8-28(35-26)33(25)27)31-18-21-9-11-22(12-10-21)20-32-15-13-24(14-16-32)23-5-2-1-3-6-23;;/h1-12,17,19,24H,13-16,18,20H2,(H,31,34);2*1H. The first-order valence-corrected chi connectivity index (χ1v) is 13.0. The lowest BCUT2D eigenvalue weighted by Gasteiger charge is -2.32. The predicted octanol–water partition coefficient (Wildman–Crippen LogP) is 6.32. The minimum absolute atomic E-state index is 0. The van der Waals surface area contributed by atoms with Crippen LogP contribution in [0.25, 0.3) is 11.7 Å². The summed E-state index contributed by atoms with van der Waals surface area (Å²) >= 11 is 1.48. The van der Waals surface area contributed by atoms with Gasteiger partial charge in [0.1, 0.15) is 5.65 Å². The molecule has 1 saturated heterocycles. The number of hydrogen-bond donors (Lipinski definition) is 1. The first-order valence-electron chi connectivity index (χ1n) is 12.2. The van der Waals surface area contributed by atoms with Crippen molar-refractivity contribution in [2.75, 3.05) is 13.1 Å². The van der Waals surface area contributed by atoms with E-state index >= 15 is 0 Å². The van der Waals surface area contributed by atoms with Crippen LogP contribution >= 0.6 is 36.6 Å². The van der Waals surface area contributed by atoms with E-state index in [-0.39, 0.29) is 30.7 Å². The summed E-state index contributed by atoms with van der Waals surface area (Å²) in [5.41, 5.74) is 5.75. The van der Waals surface area contributed by atoms with Gasteiger partial charge in [0.25, 0.3) is 5.91 Å². The Morgan fingerprint density at radius 1 is 0.919 bits per heavy atom. The van der Waals surface area contributed by atoms with E-state index in [4.69, 9.17) is 0 Å². The van der Waals surface area contributed by atoms with E-state index in [1.165, 1.54) is 35.7 Å². The summed E-state index contributed by atoms with van der Waals surface area (Å²) in [5, 5.41) is 4.09. The quantitative estimate of drug-likeness (QED) is 0.304. The van der Waals surface area contributed by atoms with E-state index in [1.807, 2.05) is 30.5 Å². The van der Waals surface area contributed by atoms with Crippen molar-refractivity contribution < 1.29 is 4.79 Å². The van der Waals surface area contributed by atoms with Crippen molar-refractivity contribution in [3.63, 3.8) is 0 Å². The lowest BCUT2D eigenvalue weighted by atomic mass is 9.89. The van der Waals surface area contributed by atoms with Gasteiger partial charge in [0.15, 0.2) is 0 Å². The Labute approximate surface area is 234 Å². The number of hydrogen-bond acceptors (Lipinski definition) is 4. The Balaban J connectivity index is 0.00000160. The number of carbonyl (C=O) groups is 1. The van der Waals surface area contributed by atoms with E-state index in [9.17, 15) is 4.79 Å². The molecule has 5 nitrogen and oxygen atoms in total. The zero-order valence-corrected chi connectivity index (χ0v) is 22.8. The topological polar surface area (TPSA) is 49.6 Å². The van der Waals surface area contributed by atoms with Gasteiger partial charge in [-0.25, -0.2) is 4.98 Å². The molecule has 37 heavy (non-hydrogen) atoms. The Bertz CT molecular complexity index is 1380. The minimum atomic E-state index is -0.0511. The molecule has 2 aliphatic rings. The van der Waals surface area contributed by atoms with Crippen LogP contribution in [0.4, 0.5) is 0 Å². The molecule has 6 rings (SSSR count). The third kappa shape index (κ3) is 6.04. The second-order valence-electron chi connectivity index (χ2n) is 9.31. The summed E-state index contributed by atoms with van der Waals surface area (Å²) in [4.78, 5) is 20.5. The van der Waals surface area contributed by atoms with Crippen molar-refractivity contribution in [1.29, 1.82) is 0 Å². The summed E-state index contributed by atoms with van der Waals surface area (Å²) in [5.74, 6) is 0.633. The van der Waals surface area contributed by atoms with Crippen LogP contribution in [0.3, 0.4) is 0 Å². The van der Waals surface area contributed by atoms with Crippen molar-refractivity contribution in [3.8, 4) is 0 Å². The summed E-state index contributed by atoms with van der Waals surface area (Å²) in [6.45, 7) is 3.77. The largest absolute Gasteiger partial charge is 0.348 e. The van der Waals surface area contributed by atoms with Crippen molar-refractivity contribution in [1.82, 2.24) is 19.6 Å². The van der Waals surface area contributed by atoms with E-state index in [0.717, 1.165) is 41.6 Å². The number of piperidine rings is 1. The molecule has 8 heteroatoms. The zero-order chi connectivity index (χ0) is 23.6. The molecule has 0 spiro atoms. The van der Waals surface area contributed by atoms with Crippen molar-refractivity contribution in [2.24, 2.45) is 0 Å². The Morgan fingerprint density at radius 2 is 1.65 bits per heavy atom. The predicted molar refractivity (Wildman–Crippen MR) is 156 cm³/mol. The Kier molecular flexibility index (Phi) is 8.98. The summed E-state index contributed by atoms with van der Waals surface area (Å²) in [6, 6.07) is 25.5. The summed E-state index contributed by atoms with van der Waals surface area (Å²) < 4.78 is 2.07. The average molecular weight is 554 g/mol. The molecule has 1 amide bonds. The number of nitrogens with zero attached hydrogens (tertiary/aromatic N) is 3. The van der Waals surface area contributed by atoms with E-state index in [0.29, 0.717) is 17.4 Å². The van der Waals surface area contributed by atoms with Crippen LogP contribution in [0.2, 0.25) is 0 Å². The van der Waals surface area contributed by atoms with Gasteiger partial charge >= 0.3 is 0 Å². The molecule has 4 heterocycles. The first kappa shape index (κ1) is 27.3. The molecule has 0 bridgehead atoms. The molecule has 2 aromatic carbocycles. The fourth-order valence-electron chi connectivity index (χ4n) is 5.04. The van der Waals surface area contributed by atoms with Gasteiger partial charge in [-0.2, -0.15) is 0 Å². The average Bonchev–Trinajstić information content (AvgIpc) is 3.33. The van der Waals surface area contributed by atoms with Gasteiger partial charge in [0, 0.05) is 13.1 Å². The minimum Gasteiger partial charge on any atom is -0.348 e. The maximum absolute atomic E-state index is 12.8. The molecule has 1 N–H and O–H groups in total. The van der Waals surface area contributed by atoms with E-state index < -0.39 is 0 Å². The highest BCUT2D eigenvalue weighted by atomic mass is 35.5. The molecular weight excluding hydrogens is 523 g/mol. The second kappa shape index (κ2) is 12.2. The molecule has 0 unspecified atom stereocenters. The Hall–Kier alpha value is -2.77. The molecule has 192 valence electrons. The normalized spacial score (nSPS) is 15.4. The zero-order valence-electron chi connectivity index (χ0n) is 20.4. The molecule has 4 aromatic rings. The summed E-state index contributed by atoms with van der Waals surface area (Å²) in [7, 11) is 0. The van der Waals surface area contributed by atoms with Crippen LogP contribution in [-0.2, 0) is 17.9 Å². The van der Waals surface area contributed by atoms with Crippen LogP contribution in [0, 0.1) is 0 Å². The SMILES string of the molecule is Cl.Cl.O=C(NCc1ccc(CN2CCC(c3ccccc3)CC2)cc1)C1=Cc2cnc3cccc(n23)S1. The van der Waals surface area contributed by atoms with E-state index in [2.05, 4.69) is 74.2 Å². The number of amides is 1. The number of imidazole rings is 1. The number of rotatable bonds is 6. The number of carbonyl (C=O) groups excluding carboxylic acids is 1. The van der Waals surface area contributed by atoms with Crippen LogP contribution in [-0.4, -0.2) is 33.3 Å². The van der Waals surface area contributed by atoms with Crippen molar-refractivity contribution >= 4 is 54.2 Å². The number of halogens is 2. The highest BCUT2D eigenvalue weighted by Gasteiger charge is 2.21. The van der Waals surface area contributed by atoms with Gasteiger partial charge in [0.2, 0.25) is 0 Å². The van der Waals surface area contributed by atoms with Crippen LogP contribution < -0.4 is 5.32 Å². The number of thioether (sulfide) groups is 1. The third-order valence-corrected chi connectivity index (χ3v) is 8.03. The van der Waals surface area contributed by atoms with Crippen molar-refractivity contribution in [3.05, 3.63) is 106 Å². The lowest BCUT2D eigenvalue weighted by Crippen LogP contribution is -2.32.